The van der Waals surface area contributed by atoms with Crippen LogP contribution in [-0.4, -0.2) is 33.0 Å². The molecule has 66 valence electrons. The van der Waals surface area contributed by atoms with Crippen molar-refractivity contribution in [1.82, 2.24) is 0 Å². The van der Waals surface area contributed by atoms with Crippen molar-refractivity contribution in [2.45, 2.75) is 18.6 Å². The molecule has 0 aliphatic rings. The summed E-state index contributed by atoms with van der Waals surface area (Å²) in [4.78, 5) is 10.1. The van der Waals surface area contributed by atoms with Gasteiger partial charge in [0.1, 0.15) is 6.67 Å². The van der Waals surface area contributed by atoms with Gasteiger partial charge in [-0.1, -0.05) is 6.92 Å². The van der Waals surface area contributed by atoms with Gasteiger partial charge in [0.2, 0.25) is 0 Å². The third-order valence-electron chi connectivity index (χ3n) is 1.19. The zero-order valence-corrected chi connectivity index (χ0v) is 7.07. The lowest BCUT2D eigenvalue weighted by Crippen LogP contribution is -2.18. The molecule has 3 nitrogen and oxygen atoms in total. The van der Waals surface area contributed by atoms with E-state index >= 15 is 0 Å². The van der Waals surface area contributed by atoms with E-state index in [1.165, 1.54) is 0 Å². The first-order valence-electron chi connectivity index (χ1n) is 3.23. The van der Waals surface area contributed by atoms with Crippen LogP contribution in [0.5, 0.6) is 0 Å². The molecule has 0 radical (unpaired) electrons. The van der Waals surface area contributed by atoms with Crippen molar-refractivity contribution < 1.29 is 18.5 Å². The number of rotatable bonds is 5. The van der Waals surface area contributed by atoms with Crippen LogP contribution in [0.15, 0.2) is 0 Å². The van der Waals surface area contributed by atoms with Gasteiger partial charge in [0.15, 0.2) is 0 Å². The minimum atomic E-state index is -1.34. The molecule has 0 amide bonds. The highest BCUT2D eigenvalue weighted by atomic mass is 32.2. The molecule has 0 heterocycles. The monoisotopic (exact) mass is 182 g/mol. The van der Waals surface area contributed by atoms with Crippen molar-refractivity contribution in [3.05, 3.63) is 0 Å². The molecular weight excluding hydrogens is 171 g/mol. The molecule has 0 aromatic heterocycles. The minimum absolute atomic E-state index is 0.0611. The first-order chi connectivity index (χ1) is 5.07. The van der Waals surface area contributed by atoms with Gasteiger partial charge in [0, 0.05) is 16.0 Å². The van der Waals surface area contributed by atoms with Crippen LogP contribution in [0, 0.1) is 0 Å². The van der Waals surface area contributed by atoms with Crippen LogP contribution in [0.25, 0.3) is 0 Å². The van der Waals surface area contributed by atoms with Crippen molar-refractivity contribution in [3.8, 4) is 0 Å². The van der Waals surface area contributed by atoms with Gasteiger partial charge >= 0.3 is 5.97 Å². The fraction of sp³-hybridized carbons (Fsp3) is 0.833. The molecular formula is C6H11FO3S. The minimum Gasteiger partial charge on any atom is -0.481 e. The average molecular weight is 182 g/mol. The smallest absolute Gasteiger partial charge is 0.304 e. The summed E-state index contributed by atoms with van der Waals surface area (Å²) in [6.45, 7) is 0.885. The molecule has 2 atom stereocenters. The van der Waals surface area contributed by atoms with Crippen LogP contribution < -0.4 is 0 Å². The molecule has 0 aliphatic heterocycles. The van der Waals surface area contributed by atoms with Gasteiger partial charge in [-0.15, -0.1) is 0 Å². The lowest BCUT2D eigenvalue weighted by Gasteiger charge is -2.05. The number of hydrogen-bond donors (Lipinski definition) is 1. The van der Waals surface area contributed by atoms with E-state index in [9.17, 15) is 13.4 Å². The summed E-state index contributed by atoms with van der Waals surface area (Å²) in [7, 11) is -1.34. The molecule has 2 unspecified atom stereocenters. The summed E-state index contributed by atoms with van der Waals surface area (Å²) in [6.07, 6.45) is -0.160. The van der Waals surface area contributed by atoms with E-state index in [-0.39, 0.29) is 12.2 Å². The highest BCUT2D eigenvalue weighted by Crippen LogP contribution is 2.01. The quantitative estimate of drug-likeness (QED) is 0.676. The third-order valence-corrected chi connectivity index (χ3v) is 2.81. The van der Waals surface area contributed by atoms with E-state index in [0.717, 1.165) is 0 Å². The predicted octanol–water partition coefficient (Wildman–Crippen LogP) is 0.568. The number of carbonyl (C=O) groups is 1. The average Bonchev–Trinajstić information content (AvgIpc) is 1.86. The second-order valence-electron chi connectivity index (χ2n) is 2.18. The van der Waals surface area contributed by atoms with E-state index in [1.807, 2.05) is 0 Å². The first kappa shape index (κ1) is 10.6. The molecule has 5 heteroatoms. The molecule has 0 aromatic carbocycles. The Morgan fingerprint density at radius 1 is 1.73 bits per heavy atom. The summed E-state index contributed by atoms with van der Waals surface area (Å²) in [5.41, 5.74) is 0. The molecule has 0 saturated carbocycles. The van der Waals surface area contributed by atoms with E-state index in [2.05, 4.69) is 0 Å². The Morgan fingerprint density at radius 2 is 2.27 bits per heavy atom. The Hall–Kier alpha value is -0.450. The van der Waals surface area contributed by atoms with Gasteiger partial charge in [-0.05, 0) is 0 Å². The molecule has 0 rings (SSSR count). The molecule has 0 spiro atoms. The maximum atomic E-state index is 11.6. The normalized spacial score (nSPS) is 15.8. The van der Waals surface area contributed by atoms with Gasteiger partial charge < -0.3 is 5.11 Å². The van der Waals surface area contributed by atoms with E-state index in [1.54, 1.807) is 6.92 Å². The molecule has 0 bridgehead atoms. The van der Waals surface area contributed by atoms with Crippen LogP contribution >= 0.6 is 0 Å². The summed E-state index contributed by atoms with van der Waals surface area (Å²) < 4.78 is 22.5. The van der Waals surface area contributed by atoms with Gasteiger partial charge in [-0.2, -0.15) is 0 Å². The lowest BCUT2D eigenvalue weighted by molar-refractivity contribution is -0.136. The lowest BCUT2D eigenvalue weighted by atomic mass is 10.3. The zero-order valence-electron chi connectivity index (χ0n) is 6.25. The number of alkyl halides is 1. The summed E-state index contributed by atoms with van der Waals surface area (Å²) in [6, 6.07) is 0. The van der Waals surface area contributed by atoms with Crippen molar-refractivity contribution in [2.24, 2.45) is 0 Å². The van der Waals surface area contributed by atoms with Crippen LogP contribution in [0.2, 0.25) is 0 Å². The van der Waals surface area contributed by atoms with Crippen LogP contribution in [0.3, 0.4) is 0 Å². The standard InChI is InChI=1S/C6H11FO3S/c1-5(4-6(8)9)11(10)3-2-7/h5H,2-4H2,1H3,(H,8,9). The van der Waals surface area contributed by atoms with Crippen molar-refractivity contribution in [2.75, 3.05) is 12.4 Å². The third kappa shape index (κ3) is 4.89. The molecule has 11 heavy (non-hydrogen) atoms. The predicted molar refractivity (Wildman–Crippen MR) is 40.7 cm³/mol. The van der Waals surface area contributed by atoms with Gasteiger partial charge in [-0.3, -0.25) is 13.4 Å². The summed E-state index contributed by atoms with van der Waals surface area (Å²) >= 11 is 0. The second-order valence-corrected chi connectivity index (χ2v) is 4.16. The Balaban J connectivity index is 3.73. The van der Waals surface area contributed by atoms with Crippen molar-refractivity contribution in [1.29, 1.82) is 0 Å². The first-order valence-corrected chi connectivity index (χ1v) is 4.61. The van der Waals surface area contributed by atoms with Crippen LogP contribution in [-0.2, 0) is 15.6 Å². The number of aliphatic carboxylic acids is 1. The maximum absolute atomic E-state index is 11.6. The second kappa shape index (κ2) is 5.23. The number of carboxylic acid groups (broad SMARTS) is 1. The number of halogens is 1. The molecule has 0 saturated heterocycles. The summed E-state index contributed by atoms with van der Waals surface area (Å²) in [5, 5.41) is 7.82. The van der Waals surface area contributed by atoms with Crippen molar-refractivity contribution in [3.63, 3.8) is 0 Å². The van der Waals surface area contributed by atoms with E-state index < -0.39 is 28.7 Å². The maximum Gasteiger partial charge on any atom is 0.304 e. The van der Waals surface area contributed by atoms with E-state index in [0.29, 0.717) is 0 Å². The van der Waals surface area contributed by atoms with E-state index in [4.69, 9.17) is 5.11 Å². The fourth-order valence-electron chi connectivity index (χ4n) is 0.616. The Kier molecular flexibility index (Phi) is 5.02. The van der Waals surface area contributed by atoms with Gasteiger partial charge in [0.25, 0.3) is 0 Å². The summed E-state index contributed by atoms with van der Waals surface area (Å²) in [5.74, 6) is -1.06. The Labute approximate surface area is 67.1 Å². The molecule has 0 aliphatic carbocycles. The topological polar surface area (TPSA) is 54.4 Å². The highest BCUT2D eigenvalue weighted by molar-refractivity contribution is 7.85. The largest absolute Gasteiger partial charge is 0.481 e. The van der Waals surface area contributed by atoms with Gasteiger partial charge in [-0.25, -0.2) is 0 Å². The Bertz CT molecular complexity index is 160. The molecule has 0 aromatic rings. The molecule has 1 N–H and O–H groups in total. The SMILES string of the molecule is CC(CC(=O)O)S(=O)CCF. The van der Waals surface area contributed by atoms with Gasteiger partial charge in [0.05, 0.1) is 12.2 Å². The van der Waals surface area contributed by atoms with Crippen LogP contribution in [0.4, 0.5) is 4.39 Å². The zero-order chi connectivity index (χ0) is 8.85. The number of carboxylic acids is 1. The molecule has 0 fully saturated rings. The highest BCUT2D eigenvalue weighted by Gasteiger charge is 2.13. The van der Waals surface area contributed by atoms with Crippen molar-refractivity contribution >= 4 is 16.8 Å². The fourth-order valence-corrected chi connectivity index (χ4v) is 1.50. The number of hydrogen-bond acceptors (Lipinski definition) is 2. The Morgan fingerprint density at radius 3 is 2.64 bits per heavy atom. The van der Waals surface area contributed by atoms with Crippen LogP contribution in [0.1, 0.15) is 13.3 Å².